The van der Waals surface area contributed by atoms with E-state index in [0.29, 0.717) is 38.6 Å². The van der Waals surface area contributed by atoms with Gasteiger partial charge in [-0.2, -0.15) is 0 Å². The number of para-hydroxylation sites is 1. The molecule has 3 aliphatic rings. The Morgan fingerprint density at radius 2 is 1.92 bits per heavy atom. The molecule has 3 N–H and O–H groups in total. The number of carbonyl (C=O) groups excluding carboxylic acids is 3. The molecule has 0 saturated carbocycles. The van der Waals surface area contributed by atoms with Crippen LogP contribution in [0.25, 0.3) is 0 Å². The average Bonchev–Trinajstić information content (AvgIpc) is 3.05. The van der Waals surface area contributed by atoms with E-state index in [0.717, 1.165) is 0 Å². The number of esters is 1. The highest BCUT2D eigenvalue weighted by atomic mass is 79.9. The van der Waals surface area contributed by atoms with Gasteiger partial charge >= 0.3 is 5.97 Å². The van der Waals surface area contributed by atoms with E-state index in [1.807, 2.05) is 13.8 Å². The van der Waals surface area contributed by atoms with Gasteiger partial charge in [-0.05, 0) is 49.1 Å². The molecular weight excluding hydrogens is 546 g/mol. The second-order valence-electron chi connectivity index (χ2n) is 9.92. The molecule has 2 aromatic rings. The minimum atomic E-state index is -1.75. The van der Waals surface area contributed by atoms with Gasteiger partial charge < -0.3 is 15.8 Å². The van der Waals surface area contributed by atoms with E-state index >= 15 is 0 Å². The largest absolute Gasteiger partial charge is 0.462 e. The van der Waals surface area contributed by atoms with E-state index in [2.05, 4.69) is 21.2 Å². The molecule has 186 valence electrons. The number of benzene rings is 2. The summed E-state index contributed by atoms with van der Waals surface area (Å²) < 4.78 is 6.13. The zero-order chi connectivity index (χ0) is 26.0. The minimum Gasteiger partial charge on any atom is -0.462 e. The van der Waals surface area contributed by atoms with Crippen LogP contribution in [0.15, 0.2) is 69.6 Å². The van der Waals surface area contributed by atoms with E-state index in [1.165, 1.54) is 0 Å². The summed E-state index contributed by atoms with van der Waals surface area (Å²) in [7, 11) is 0. The summed E-state index contributed by atoms with van der Waals surface area (Å²) in [6.45, 7) is 5.73. The van der Waals surface area contributed by atoms with Gasteiger partial charge in [-0.25, -0.2) is 4.79 Å². The number of fused-ring (bicyclic) bond motifs is 3. The third kappa shape index (κ3) is 3.42. The maximum atomic E-state index is 14.0. The molecule has 5 rings (SSSR count). The van der Waals surface area contributed by atoms with Gasteiger partial charge in [-0.3, -0.25) is 14.5 Å². The lowest BCUT2D eigenvalue weighted by Crippen LogP contribution is -2.54. The molecule has 1 unspecified atom stereocenters. The van der Waals surface area contributed by atoms with Crippen molar-refractivity contribution in [3.05, 3.63) is 80.2 Å². The molecule has 0 saturated heterocycles. The number of amides is 1. The van der Waals surface area contributed by atoms with Gasteiger partial charge in [0.1, 0.15) is 16.8 Å². The standard InChI is InChI=1S/C27H25BrClN3O4/c1-4-36-24(34)22-23(30)32(18-8-6-5-7-16(18)29)19-12-26(2,3)13-20(33)21(19)27(22)15-11-14(28)9-10-17(15)31-25(27)35/h5-11H,4,12-13,30H2,1-3H3,(H,31,35). The monoisotopic (exact) mass is 569 g/mol. The molecule has 2 aromatic carbocycles. The van der Waals surface area contributed by atoms with E-state index in [9.17, 15) is 14.4 Å². The highest BCUT2D eigenvalue weighted by Crippen LogP contribution is 2.58. The van der Waals surface area contributed by atoms with E-state index in [4.69, 9.17) is 22.1 Å². The molecule has 1 atom stereocenters. The first kappa shape index (κ1) is 24.6. The predicted molar refractivity (Wildman–Crippen MR) is 141 cm³/mol. The summed E-state index contributed by atoms with van der Waals surface area (Å²) in [5.74, 6) is -1.50. The molecule has 1 spiro atoms. The van der Waals surface area contributed by atoms with Crippen LogP contribution in [0, 0.1) is 5.41 Å². The molecule has 0 bridgehead atoms. The molecule has 7 nitrogen and oxygen atoms in total. The van der Waals surface area contributed by atoms with Crippen molar-refractivity contribution < 1.29 is 19.1 Å². The van der Waals surface area contributed by atoms with Crippen LogP contribution in [0.2, 0.25) is 5.02 Å². The smallest absolute Gasteiger partial charge is 0.339 e. The van der Waals surface area contributed by atoms with Crippen molar-refractivity contribution in [3.8, 4) is 0 Å². The van der Waals surface area contributed by atoms with Crippen LogP contribution in [0.4, 0.5) is 11.4 Å². The fraction of sp³-hybridized carbons (Fsp3) is 0.296. The molecule has 2 heterocycles. The molecule has 1 aliphatic carbocycles. The van der Waals surface area contributed by atoms with E-state index in [-0.39, 0.29) is 35.8 Å². The van der Waals surface area contributed by atoms with Crippen LogP contribution in [-0.4, -0.2) is 24.3 Å². The summed E-state index contributed by atoms with van der Waals surface area (Å²) >= 11 is 10.1. The van der Waals surface area contributed by atoms with Crippen molar-refractivity contribution in [2.75, 3.05) is 16.8 Å². The molecule has 1 amide bonds. The van der Waals surface area contributed by atoms with Crippen molar-refractivity contribution in [1.29, 1.82) is 0 Å². The first-order chi connectivity index (χ1) is 17.0. The zero-order valence-corrected chi connectivity index (χ0v) is 22.4. The number of anilines is 2. The lowest BCUT2D eigenvalue weighted by molar-refractivity contribution is -0.140. The van der Waals surface area contributed by atoms with Crippen molar-refractivity contribution >= 4 is 56.6 Å². The number of allylic oxidation sites excluding steroid dienone is 1. The average molecular weight is 571 g/mol. The number of ketones is 1. The van der Waals surface area contributed by atoms with Crippen LogP contribution < -0.4 is 16.0 Å². The van der Waals surface area contributed by atoms with Gasteiger partial charge in [0.05, 0.1) is 17.3 Å². The second kappa shape index (κ2) is 8.49. The normalized spacial score (nSPS) is 22.5. The molecule has 0 radical (unpaired) electrons. The molecular formula is C27H25BrClN3O4. The number of nitrogens with zero attached hydrogens (tertiary/aromatic N) is 1. The number of ether oxygens (including phenoxy) is 1. The van der Waals surface area contributed by atoms with Gasteiger partial charge in [0.15, 0.2) is 5.78 Å². The number of Topliss-reactive ketones (excluding diaryl/α,β-unsaturated/α-hetero) is 1. The van der Waals surface area contributed by atoms with Crippen LogP contribution in [0.5, 0.6) is 0 Å². The van der Waals surface area contributed by atoms with Gasteiger partial charge in [0, 0.05) is 33.4 Å². The molecule has 0 aromatic heterocycles. The summed E-state index contributed by atoms with van der Waals surface area (Å²) in [6.07, 6.45) is 0.644. The van der Waals surface area contributed by atoms with Crippen LogP contribution >= 0.6 is 27.5 Å². The number of carbonyl (C=O) groups is 3. The Morgan fingerprint density at radius 3 is 2.61 bits per heavy atom. The van der Waals surface area contributed by atoms with Gasteiger partial charge in [-0.15, -0.1) is 0 Å². The van der Waals surface area contributed by atoms with Crippen molar-refractivity contribution in [2.24, 2.45) is 11.1 Å². The predicted octanol–water partition coefficient (Wildman–Crippen LogP) is 5.19. The third-order valence-electron chi connectivity index (χ3n) is 6.92. The van der Waals surface area contributed by atoms with E-state index < -0.39 is 22.7 Å². The summed E-state index contributed by atoms with van der Waals surface area (Å²) in [5.41, 5.74) is 6.85. The number of rotatable bonds is 3. The number of nitrogens with one attached hydrogen (secondary N) is 1. The van der Waals surface area contributed by atoms with Crippen LogP contribution in [0.3, 0.4) is 0 Å². The number of hydrogen-bond acceptors (Lipinski definition) is 6. The quantitative estimate of drug-likeness (QED) is 0.493. The molecule has 0 fully saturated rings. The maximum absolute atomic E-state index is 14.0. The molecule has 9 heteroatoms. The van der Waals surface area contributed by atoms with Crippen molar-refractivity contribution in [1.82, 2.24) is 0 Å². The highest BCUT2D eigenvalue weighted by Gasteiger charge is 2.63. The summed E-state index contributed by atoms with van der Waals surface area (Å²) in [6, 6.07) is 12.3. The maximum Gasteiger partial charge on any atom is 0.339 e. The fourth-order valence-corrected chi connectivity index (χ4v) is 6.20. The molecule has 2 aliphatic heterocycles. The van der Waals surface area contributed by atoms with Crippen LogP contribution in [0.1, 0.15) is 39.2 Å². The number of nitrogens with two attached hydrogens (primary N) is 1. The zero-order valence-electron chi connectivity index (χ0n) is 20.1. The van der Waals surface area contributed by atoms with Gasteiger partial charge in [0.2, 0.25) is 5.91 Å². The Bertz CT molecular complexity index is 1410. The Balaban J connectivity index is 1.95. The van der Waals surface area contributed by atoms with Crippen molar-refractivity contribution in [3.63, 3.8) is 0 Å². The van der Waals surface area contributed by atoms with E-state index in [1.54, 1.807) is 54.3 Å². The molecule has 36 heavy (non-hydrogen) atoms. The minimum absolute atomic E-state index is 0.00813. The highest BCUT2D eigenvalue weighted by molar-refractivity contribution is 9.10. The Kier molecular flexibility index (Phi) is 5.80. The number of hydrogen-bond donors (Lipinski definition) is 2. The lowest BCUT2D eigenvalue weighted by Gasteiger charge is -2.47. The van der Waals surface area contributed by atoms with Gasteiger partial charge in [0.25, 0.3) is 0 Å². The lowest BCUT2D eigenvalue weighted by atomic mass is 9.60. The Hall–Kier alpha value is -3.10. The fourth-order valence-electron chi connectivity index (χ4n) is 5.62. The van der Waals surface area contributed by atoms with Gasteiger partial charge in [-0.1, -0.05) is 53.5 Å². The first-order valence-electron chi connectivity index (χ1n) is 11.6. The Labute approximate surface area is 222 Å². The summed E-state index contributed by atoms with van der Waals surface area (Å²) in [4.78, 5) is 43.3. The van der Waals surface area contributed by atoms with Crippen molar-refractivity contribution in [2.45, 2.75) is 39.0 Å². The third-order valence-corrected chi connectivity index (χ3v) is 7.73. The second-order valence-corrected chi connectivity index (χ2v) is 11.2. The summed E-state index contributed by atoms with van der Waals surface area (Å²) in [5, 5.41) is 3.27. The first-order valence-corrected chi connectivity index (χ1v) is 12.8. The Morgan fingerprint density at radius 1 is 1.19 bits per heavy atom. The topological polar surface area (TPSA) is 102 Å². The SMILES string of the molecule is CCOC(=O)C1=C(N)N(c2ccccc2Cl)C2=C(C(=O)CC(C)(C)C2)C12C(=O)Nc1ccc(Br)cc12. The number of halogens is 2. The van der Waals surface area contributed by atoms with Crippen LogP contribution in [-0.2, 0) is 24.5 Å².